The number of likely N-dealkylation sites (tertiary alicyclic amines) is 1. The van der Waals surface area contributed by atoms with Crippen LogP contribution in [0.4, 0.5) is 0 Å². The van der Waals surface area contributed by atoms with E-state index in [0.717, 1.165) is 18.5 Å². The molecule has 1 aliphatic heterocycles. The van der Waals surface area contributed by atoms with Crippen molar-refractivity contribution in [3.63, 3.8) is 0 Å². The van der Waals surface area contributed by atoms with Crippen LogP contribution in [-0.4, -0.2) is 58.9 Å². The minimum atomic E-state index is -0.440. The molecule has 0 unspecified atom stereocenters. The molecule has 1 atom stereocenters. The van der Waals surface area contributed by atoms with Gasteiger partial charge in [-0.1, -0.05) is 18.2 Å². The molecule has 1 saturated heterocycles. The first-order chi connectivity index (χ1) is 13.1. The normalized spacial score (nSPS) is 16.4. The van der Waals surface area contributed by atoms with E-state index >= 15 is 0 Å². The van der Waals surface area contributed by atoms with E-state index in [2.05, 4.69) is 25.7 Å². The lowest BCUT2D eigenvalue weighted by Crippen LogP contribution is -2.42. The summed E-state index contributed by atoms with van der Waals surface area (Å²) in [5, 5.41) is 17.8. The molecule has 2 aromatic heterocycles. The molecule has 1 aromatic carbocycles. The van der Waals surface area contributed by atoms with Crippen molar-refractivity contribution in [1.29, 1.82) is 0 Å². The highest BCUT2D eigenvalue weighted by Gasteiger charge is 2.30. The summed E-state index contributed by atoms with van der Waals surface area (Å²) in [6.07, 6.45) is 2.92. The van der Waals surface area contributed by atoms with Crippen molar-refractivity contribution < 1.29 is 4.79 Å². The van der Waals surface area contributed by atoms with Crippen LogP contribution in [0.1, 0.15) is 37.5 Å². The Morgan fingerprint density at radius 2 is 1.96 bits per heavy atom. The number of hydrogen-bond acceptors (Lipinski definition) is 6. The lowest BCUT2D eigenvalue weighted by atomic mass is 9.95. The van der Waals surface area contributed by atoms with Crippen LogP contribution in [0.2, 0.25) is 0 Å². The second-order valence-corrected chi connectivity index (χ2v) is 6.62. The van der Waals surface area contributed by atoms with Gasteiger partial charge in [0.25, 0.3) is 0 Å². The van der Waals surface area contributed by atoms with Crippen LogP contribution in [0.25, 0.3) is 5.69 Å². The maximum atomic E-state index is 12.7. The third-order valence-electron chi connectivity index (χ3n) is 5.00. The number of aromatic nitrogens is 7. The fraction of sp³-hybridized carbons (Fsp3) is 0.412. The van der Waals surface area contributed by atoms with E-state index in [1.54, 1.807) is 11.5 Å². The van der Waals surface area contributed by atoms with Gasteiger partial charge in [0, 0.05) is 19.0 Å². The molecule has 27 heavy (non-hydrogen) atoms. The first-order valence-electron chi connectivity index (χ1n) is 8.89. The number of carbonyl (C=O) groups excluding carboxylic acids is 1. The highest BCUT2D eigenvalue weighted by Crippen LogP contribution is 2.28. The predicted octanol–water partition coefficient (Wildman–Crippen LogP) is 0.514. The standard InChI is InChI=1S/C17H20N8O2/c1-12(24-11-18-21-22-24)16(26)23-9-7-13(8-10-23)15-19-20-17(27)25(15)14-5-3-2-4-6-14/h2-6,11-13H,7-10H2,1H3,(H,20,27)/t12-/m0/s1. The molecular weight excluding hydrogens is 348 g/mol. The van der Waals surface area contributed by atoms with Gasteiger partial charge >= 0.3 is 5.69 Å². The molecule has 10 heteroatoms. The summed E-state index contributed by atoms with van der Waals surface area (Å²) < 4.78 is 3.07. The monoisotopic (exact) mass is 368 g/mol. The molecule has 0 saturated carbocycles. The molecule has 140 valence electrons. The van der Waals surface area contributed by atoms with E-state index < -0.39 is 6.04 Å². The molecule has 0 spiro atoms. The average molecular weight is 368 g/mol. The Labute approximate surface area is 154 Å². The molecule has 0 aliphatic carbocycles. The molecule has 3 heterocycles. The zero-order valence-electron chi connectivity index (χ0n) is 14.9. The Balaban J connectivity index is 1.48. The van der Waals surface area contributed by atoms with Crippen molar-refractivity contribution in [2.24, 2.45) is 0 Å². The van der Waals surface area contributed by atoms with Crippen LogP contribution in [0.5, 0.6) is 0 Å². The number of piperidine rings is 1. The summed E-state index contributed by atoms with van der Waals surface area (Å²) in [5.74, 6) is 0.812. The number of nitrogens with one attached hydrogen (secondary N) is 1. The third kappa shape index (κ3) is 3.25. The van der Waals surface area contributed by atoms with Crippen LogP contribution in [0.15, 0.2) is 41.5 Å². The summed E-state index contributed by atoms with van der Waals surface area (Å²) in [5.41, 5.74) is 0.541. The van der Waals surface area contributed by atoms with E-state index in [1.807, 2.05) is 35.2 Å². The molecule has 4 rings (SSSR count). The number of tetrazole rings is 1. The number of benzene rings is 1. The van der Waals surface area contributed by atoms with Gasteiger partial charge in [-0.2, -0.15) is 5.10 Å². The summed E-state index contributed by atoms with van der Waals surface area (Å²) in [4.78, 5) is 26.7. The Hall–Kier alpha value is -3.30. The zero-order valence-corrected chi connectivity index (χ0v) is 14.9. The molecule has 10 nitrogen and oxygen atoms in total. The Bertz CT molecular complexity index is 954. The summed E-state index contributed by atoms with van der Waals surface area (Å²) in [7, 11) is 0. The van der Waals surface area contributed by atoms with E-state index in [9.17, 15) is 9.59 Å². The van der Waals surface area contributed by atoms with Gasteiger partial charge < -0.3 is 4.90 Å². The maximum absolute atomic E-state index is 12.7. The smallest absolute Gasteiger partial charge is 0.341 e. The minimum absolute atomic E-state index is 0.0109. The number of rotatable bonds is 4. The van der Waals surface area contributed by atoms with Crippen LogP contribution in [0.3, 0.4) is 0 Å². The SMILES string of the molecule is C[C@@H](C(=O)N1CCC(c2n[nH]c(=O)n2-c2ccccc2)CC1)n1cnnn1. The van der Waals surface area contributed by atoms with Crippen molar-refractivity contribution >= 4 is 5.91 Å². The largest absolute Gasteiger partial charge is 0.347 e. The molecule has 1 fully saturated rings. The van der Waals surface area contributed by atoms with Crippen molar-refractivity contribution in [1.82, 2.24) is 39.9 Å². The highest BCUT2D eigenvalue weighted by molar-refractivity contribution is 5.80. The molecule has 1 aliphatic rings. The van der Waals surface area contributed by atoms with Crippen LogP contribution < -0.4 is 5.69 Å². The number of aromatic amines is 1. The van der Waals surface area contributed by atoms with Gasteiger partial charge in [-0.05, 0) is 42.3 Å². The first-order valence-corrected chi connectivity index (χ1v) is 8.89. The summed E-state index contributed by atoms with van der Waals surface area (Å²) in [6.45, 7) is 2.99. The van der Waals surface area contributed by atoms with Crippen LogP contribution in [-0.2, 0) is 4.79 Å². The number of para-hydroxylation sites is 1. The second kappa shape index (κ2) is 7.14. The molecule has 1 N–H and O–H groups in total. The zero-order chi connectivity index (χ0) is 18.8. The Kier molecular flexibility index (Phi) is 4.53. The molecule has 0 bridgehead atoms. The van der Waals surface area contributed by atoms with Crippen LogP contribution >= 0.6 is 0 Å². The molecule has 0 radical (unpaired) electrons. The van der Waals surface area contributed by atoms with Crippen molar-refractivity contribution in [3.05, 3.63) is 53.0 Å². The predicted molar refractivity (Wildman–Crippen MR) is 95.3 cm³/mol. The average Bonchev–Trinajstić information content (AvgIpc) is 3.37. The van der Waals surface area contributed by atoms with Crippen molar-refractivity contribution in [3.8, 4) is 5.69 Å². The van der Waals surface area contributed by atoms with E-state index in [4.69, 9.17) is 0 Å². The molecular formula is C17H20N8O2. The van der Waals surface area contributed by atoms with Gasteiger partial charge in [0.15, 0.2) is 0 Å². The quantitative estimate of drug-likeness (QED) is 0.718. The van der Waals surface area contributed by atoms with Crippen molar-refractivity contribution in [2.75, 3.05) is 13.1 Å². The second-order valence-electron chi connectivity index (χ2n) is 6.62. The van der Waals surface area contributed by atoms with Gasteiger partial charge in [0.1, 0.15) is 18.2 Å². The van der Waals surface area contributed by atoms with Crippen LogP contribution in [0, 0.1) is 0 Å². The number of amides is 1. The lowest BCUT2D eigenvalue weighted by molar-refractivity contribution is -0.135. The van der Waals surface area contributed by atoms with Gasteiger partial charge in [-0.25, -0.2) is 19.1 Å². The van der Waals surface area contributed by atoms with Gasteiger partial charge in [-0.3, -0.25) is 4.79 Å². The minimum Gasteiger partial charge on any atom is -0.341 e. The number of nitrogens with zero attached hydrogens (tertiary/aromatic N) is 7. The third-order valence-corrected chi connectivity index (χ3v) is 5.00. The van der Waals surface area contributed by atoms with Gasteiger partial charge in [0.2, 0.25) is 5.91 Å². The first kappa shape index (κ1) is 17.1. The van der Waals surface area contributed by atoms with Gasteiger partial charge in [0.05, 0.1) is 5.69 Å². The summed E-state index contributed by atoms with van der Waals surface area (Å²) in [6, 6.07) is 9.01. The maximum Gasteiger partial charge on any atom is 0.347 e. The fourth-order valence-corrected chi connectivity index (χ4v) is 3.49. The van der Waals surface area contributed by atoms with Crippen molar-refractivity contribution in [2.45, 2.75) is 31.7 Å². The molecule has 1 amide bonds. The number of hydrogen-bond donors (Lipinski definition) is 1. The summed E-state index contributed by atoms with van der Waals surface area (Å²) >= 11 is 0. The highest BCUT2D eigenvalue weighted by atomic mass is 16.2. The van der Waals surface area contributed by atoms with Gasteiger partial charge in [-0.15, -0.1) is 5.10 Å². The lowest BCUT2D eigenvalue weighted by Gasteiger charge is -2.33. The van der Waals surface area contributed by atoms with E-state index in [-0.39, 0.29) is 17.5 Å². The Morgan fingerprint density at radius 3 is 2.63 bits per heavy atom. The molecule has 3 aromatic rings. The van der Waals surface area contributed by atoms with E-state index in [0.29, 0.717) is 18.9 Å². The number of H-pyrrole nitrogens is 1. The topological polar surface area (TPSA) is 115 Å². The van der Waals surface area contributed by atoms with E-state index in [1.165, 1.54) is 11.0 Å². The Morgan fingerprint density at radius 1 is 1.22 bits per heavy atom. The number of carbonyl (C=O) groups is 1. The fourth-order valence-electron chi connectivity index (χ4n) is 3.49.